The summed E-state index contributed by atoms with van der Waals surface area (Å²) < 4.78 is 0.235. The first-order valence-corrected chi connectivity index (χ1v) is 8.25. The quantitative estimate of drug-likeness (QED) is 0.354. The first-order chi connectivity index (χ1) is 12.0. The van der Waals surface area contributed by atoms with Crippen molar-refractivity contribution in [3.8, 4) is 6.07 Å². The number of nitro benzene ring substituents is 1. The van der Waals surface area contributed by atoms with E-state index in [1.54, 1.807) is 36.4 Å². The van der Waals surface area contributed by atoms with Gasteiger partial charge in [-0.25, -0.2) is 0 Å². The number of hydrogen-bond acceptors (Lipinski definition) is 6. The van der Waals surface area contributed by atoms with Crippen molar-refractivity contribution in [2.24, 2.45) is 0 Å². The molecule has 25 heavy (non-hydrogen) atoms. The Bertz CT molecular complexity index is 962. The van der Waals surface area contributed by atoms with Gasteiger partial charge in [0.25, 0.3) is 11.6 Å². The highest BCUT2D eigenvalue weighted by atomic mass is 32.2. The lowest BCUT2D eigenvalue weighted by Crippen LogP contribution is -2.28. The van der Waals surface area contributed by atoms with Crippen LogP contribution in [-0.2, 0) is 4.79 Å². The highest BCUT2D eigenvalue weighted by molar-refractivity contribution is 8.27. The molecule has 0 radical (unpaired) electrons. The first kappa shape index (κ1) is 16.8. The minimum Gasteiger partial charge on any atom is -0.268 e. The number of thiocarbonyl (C=S) groups is 1. The van der Waals surface area contributed by atoms with E-state index in [-0.39, 0.29) is 15.7 Å². The van der Waals surface area contributed by atoms with E-state index in [1.165, 1.54) is 23.1 Å². The summed E-state index contributed by atoms with van der Waals surface area (Å²) in [5.74, 6) is -0.409. The number of nitrogens with zero attached hydrogens (tertiary/aromatic N) is 3. The van der Waals surface area contributed by atoms with Gasteiger partial charge in [0.1, 0.15) is 5.69 Å². The van der Waals surface area contributed by atoms with Crippen LogP contribution < -0.4 is 4.90 Å². The van der Waals surface area contributed by atoms with Crippen LogP contribution in [0, 0.1) is 21.4 Å². The Balaban J connectivity index is 1.97. The minimum atomic E-state index is -0.543. The zero-order chi connectivity index (χ0) is 18.0. The van der Waals surface area contributed by atoms with Crippen LogP contribution in [0.3, 0.4) is 0 Å². The van der Waals surface area contributed by atoms with Crippen molar-refractivity contribution in [2.75, 3.05) is 4.90 Å². The van der Waals surface area contributed by atoms with Gasteiger partial charge in [0.05, 0.1) is 21.5 Å². The molecule has 2 aromatic carbocycles. The summed E-state index contributed by atoms with van der Waals surface area (Å²) in [6, 6.07) is 14.7. The standard InChI is InChI=1S/C17H9N3O3S2/c18-10-12-7-5-11(6-8-12)9-15-16(21)19(17(24)25-15)13-3-1-2-4-14(13)20(22)23/h1-9H/b15-9-. The Morgan fingerprint density at radius 3 is 2.52 bits per heavy atom. The summed E-state index contributed by atoms with van der Waals surface area (Å²) in [5.41, 5.74) is 1.23. The van der Waals surface area contributed by atoms with Crippen LogP contribution in [0.25, 0.3) is 6.08 Å². The molecule has 8 heteroatoms. The fourth-order valence-corrected chi connectivity index (χ4v) is 3.57. The van der Waals surface area contributed by atoms with Crippen LogP contribution in [0.15, 0.2) is 53.4 Å². The molecule has 0 bridgehead atoms. The minimum absolute atomic E-state index is 0.151. The molecule has 0 N–H and O–H groups in total. The molecule has 0 spiro atoms. The molecule has 0 saturated carbocycles. The Kier molecular flexibility index (Phi) is 4.61. The van der Waals surface area contributed by atoms with E-state index < -0.39 is 10.8 Å². The van der Waals surface area contributed by atoms with E-state index in [9.17, 15) is 14.9 Å². The highest BCUT2D eigenvalue weighted by Crippen LogP contribution is 2.39. The molecule has 1 heterocycles. The Morgan fingerprint density at radius 1 is 1.20 bits per heavy atom. The molecule has 1 fully saturated rings. The van der Waals surface area contributed by atoms with E-state index in [4.69, 9.17) is 17.5 Å². The Labute approximate surface area is 152 Å². The maximum atomic E-state index is 12.7. The monoisotopic (exact) mass is 367 g/mol. The molecule has 2 aromatic rings. The molecule has 6 nitrogen and oxygen atoms in total. The number of carbonyl (C=O) groups is 1. The number of hydrogen-bond donors (Lipinski definition) is 0. The fourth-order valence-electron chi connectivity index (χ4n) is 2.29. The van der Waals surface area contributed by atoms with Gasteiger partial charge in [0, 0.05) is 6.07 Å². The van der Waals surface area contributed by atoms with Crippen molar-refractivity contribution in [3.05, 3.63) is 74.7 Å². The first-order valence-electron chi connectivity index (χ1n) is 7.03. The second kappa shape index (κ2) is 6.84. The van der Waals surface area contributed by atoms with Crippen molar-refractivity contribution in [3.63, 3.8) is 0 Å². The highest BCUT2D eigenvalue weighted by Gasteiger charge is 2.36. The van der Waals surface area contributed by atoms with Gasteiger partial charge in [-0.3, -0.25) is 19.8 Å². The summed E-state index contributed by atoms with van der Waals surface area (Å²) in [5, 5.41) is 20.0. The van der Waals surface area contributed by atoms with Crippen molar-refractivity contribution >= 4 is 51.7 Å². The van der Waals surface area contributed by atoms with Crippen LogP contribution in [0.4, 0.5) is 11.4 Å². The molecule has 0 atom stereocenters. The number of anilines is 1. The van der Waals surface area contributed by atoms with E-state index >= 15 is 0 Å². The topological polar surface area (TPSA) is 87.2 Å². The molecule has 1 aliphatic rings. The lowest BCUT2D eigenvalue weighted by atomic mass is 10.1. The van der Waals surface area contributed by atoms with Crippen LogP contribution >= 0.6 is 24.0 Å². The lowest BCUT2D eigenvalue weighted by molar-refractivity contribution is -0.384. The van der Waals surface area contributed by atoms with Gasteiger partial charge < -0.3 is 0 Å². The number of nitriles is 1. The maximum Gasteiger partial charge on any atom is 0.293 e. The molecule has 1 aliphatic heterocycles. The number of benzene rings is 2. The van der Waals surface area contributed by atoms with Crippen molar-refractivity contribution < 1.29 is 9.72 Å². The fraction of sp³-hybridized carbons (Fsp3) is 0. The summed E-state index contributed by atoms with van der Waals surface area (Å²) >= 11 is 6.32. The SMILES string of the molecule is N#Cc1ccc(/C=C2\SC(=S)N(c3ccccc3[N+](=O)[O-])C2=O)cc1. The molecular formula is C17H9N3O3S2. The molecule has 3 rings (SSSR count). The number of para-hydroxylation sites is 2. The average molecular weight is 367 g/mol. The van der Waals surface area contributed by atoms with Gasteiger partial charge in [-0.15, -0.1) is 0 Å². The molecule has 122 valence electrons. The second-order valence-electron chi connectivity index (χ2n) is 5.00. The molecule has 1 amide bonds. The van der Waals surface area contributed by atoms with E-state index in [0.717, 1.165) is 17.3 Å². The molecule has 1 saturated heterocycles. The van der Waals surface area contributed by atoms with E-state index in [2.05, 4.69) is 0 Å². The molecule has 0 aliphatic carbocycles. The van der Waals surface area contributed by atoms with Gasteiger partial charge in [-0.2, -0.15) is 5.26 Å². The van der Waals surface area contributed by atoms with Gasteiger partial charge in [-0.05, 0) is 29.8 Å². The lowest BCUT2D eigenvalue weighted by Gasteiger charge is -2.14. The number of rotatable bonds is 3. The van der Waals surface area contributed by atoms with Crippen LogP contribution in [0.2, 0.25) is 0 Å². The largest absolute Gasteiger partial charge is 0.293 e. The Morgan fingerprint density at radius 2 is 1.88 bits per heavy atom. The zero-order valence-electron chi connectivity index (χ0n) is 12.6. The maximum absolute atomic E-state index is 12.7. The van der Waals surface area contributed by atoms with Crippen molar-refractivity contribution in [1.82, 2.24) is 0 Å². The van der Waals surface area contributed by atoms with Crippen LogP contribution in [0.5, 0.6) is 0 Å². The smallest absolute Gasteiger partial charge is 0.268 e. The normalized spacial score (nSPS) is 15.5. The van der Waals surface area contributed by atoms with Gasteiger partial charge in [-0.1, -0.05) is 48.2 Å². The third-order valence-corrected chi connectivity index (χ3v) is 4.75. The molecule has 0 unspecified atom stereocenters. The van der Waals surface area contributed by atoms with Crippen LogP contribution in [-0.4, -0.2) is 15.2 Å². The number of amides is 1. The van der Waals surface area contributed by atoms with Crippen molar-refractivity contribution in [1.29, 1.82) is 5.26 Å². The molecule has 0 aromatic heterocycles. The van der Waals surface area contributed by atoms with Gasteiger partial charge in [0.2, 0.25) is 0 Å². The zero-order valence-corrected chi connectivity index (χ0v) is 14.2. The third-order valence-electron chi connectivity index (χ3n) is 3.45. The predicted octanol–water partition coefficient (Wildman–Crippen LogP) is 3.87. The summed E-state index contributed by atoms with van der Waals surface area (Å²) in [6.45, 7) is 0. The van der Waals surface area contributed by atoms with E-state index in [1.807, 2.05) is 6.07 Å². The van der Waals surface area contributed by atoms with Crippen molar-refractivity contribution in [2.45, 2.75) is 0 Å². The number of carbonyl (C=O) groups excluding carboxylic acids is 1. The number of thioether (sulfide) groups is 1. The Hall–Kier alpha value is -3.02. The average Bonchev–Trinajstić information content (AvgIpc) is 2.89. The van der Waals surface area contributed by atoms with Gasteiger partial charge >= 0.3 is 0 Å². The van der Waals surface area contributed by atoms with Crippen LogP contribution in [0.1, 0.15) is 11.1 Å². The molecular weight excluding hydrogens is 358 g/mol. The third kappa shape index (κ3) is 3.28. The van der Waals surface area contributed by atoms with E-state index in [0.29, 0.717) is 10.5 Å². The summed E-state index contributed by atoms with van der Waals surface area (Å²) in [6.07, 6.45) is 1.65. The second-order valence-corrected chi connectivity index (χ2v) is 6.67. The summed E-state index contributed by atoms with van der Waals surface area (Å²) in [7, 11) is 0. The summed E-state index contributed by atoms with van der Waals surface area (Å²) in [4.78, 5) is 24.9. The van der Waals surface area contributed by atoms with Gasteiger partial charge in [0.15, 0.2) is 4.32 Å². The predicted molar refractivity (Wildman–Crippen MR) is 99.9 cm³/mol. The number of nitro groups is 1.